The second-order valence-electron chi connectivity index (χ2n) is 7.62. The van der Waals surface area contributed by atoms with Gasteiger partial charge >= 0.3 is 0 Å². The molecule has 26 heavy (non-hydrogen) atoms. The van der Waals surface area contributed by atoms with Crippen LogP contribution in [0.3, 0.4) is 0 Å². The van der Waals surface area contributed by atoms with Crippen LogP contribution < -0.4 is 0 Å². The highest BCUT2D eigenvalue weighted by molar-refractivity contribution is 7.93. The molecule has 0 radical (unpaired) electrons. The zero-order chi connectivity index (χ0) is 19.9. The molecule has 0 bridgehead atoms. The molecule has 142 valence electrons. The summed E-state index contributed by atoms with van der Waals surface area (Å²) in [7, 11) is -4.03. The zero-order valence-electron chi connectivity index (χ0n) is 15.3. The number of hydrogen-bond donors (Lipinski definition) is 0. The molecule has 0 amide bonds. The van der Waals surface area contributed by atoms with E-state index < -0.39 is 20.4 Å². The number of rotatable bonds is 5. The maximum absolute atomic E-state index is 13.0. The maximum atomic E-state index is 13.0. The number of carbonyl (C=O) groups is 1. The molecule has 0 aliphatic rings. The van der Waals surface area contributed by atoms with Crippen LogP contribution in [0.2, 0.25) is 10.0 Å². The van der Waals surface area contributed by atoms with Crippen LogP contribution >= 0.6 is 23.2 Å². The Morgan fingerprint density at radius 2 is 1.73 bits per heavy atom. The van der Waals surface area contributed by atoms with Crippen molar-refractivity contribution in [3.05, 3.63) is 45.8 Å². The van der Waals surface area contributed by atoms with Crippen molar-refractivity contribution in [2.24, 2.45) is 0 Å². The van der Waals surface area contributed by atoms with Crippen LogP contribution in [0.1, 0.15) is 46.1 Å². The first kappa shape index (κ1) is 20.9. The van der Waals surface area contributed by atoms with Gasteiger partial charge < -0.3 is 4.52 Å². The second kappa shape index (κ2) is 6.98. The molecule has 0 N–H and O–H groups in total. The Morgan fingerprint density at radius 1 is 1.12 bits per heavy atom. The number of nitrogens with zero attached hydrogens (tertiary/aromatic N) is 1. The van der Waals surface area contributed by atoms with Gasteiger partial charge in [-0.15, -0.1) is 0 Å². The van der Waals surface area contributed by atoms with E-state index in [4.69, 9.17) is 27.7 Å². The third-order valence-electron chi connectivity index (χ3n) is 4.17. The van der Waals surface area contributed by atoms with E-state index in [0.29, 0.717) is 16.5 Å². The Morgan fingerprint density at radius 3 is 2.23 bits per heavy atom. The van der Waals surface area contributed by atoms with Crippen molar-refractivity contribution in [1.29, 1.82) is 0 Å². The third kappa shape index (κ3) is 3.97. The van der Waals surface area contributed by atoms with E-state index in [1.165, 1.54) is 32.0 Å². The predicted octanol–water partition coefficient (Wildman–Crippen LogP) is 4.64. The summed E-state index contributed by atoms with van der Waals surface area (Å²) in [6, 6.07) is 5.75. The van der Waals surface area contributed by atoms with Crippen LogP contribution in [-0.4, -0.2) is 24.1 Å². The van der Waals surface area contributed by atoms with Gasteiger partial charge in [-0.25, -0.2) is 8.42 Å². The largest absolute Gasteiger partial charge is 0.361 e. The highest BCUT2D eigenvalue weighted by Gasteiger charge is 2.43. The van der Waals surface area contributed by atoms with Gasteiger partial charge in [-0.05, 0) is 32.0 Å². The van der Waals surface area contributed by atoms with E-state index >= 15 is 0 Å². The van der Waals surface area contributed by atoms with Crippen LogP contribution in [-0.2, 0) is 26.5 Å². The molecule has 1 aromatic carbocycles. The van der Waals surface area contributed by atoms with Gasteiger partial charge in [-0.1, -0.05) is 49.1 Å². The summed E-state index contributed by atoms with van der Waals surface area (Å²) in [4.78, 5) is 12.6. The molecule has 0 saturated heterocycles. The van der Waals surface area contributed by atoms with Gasteiger partial charge in [0.1, 0.15) is 10.5 Å². The monoisotopic (exact) mass is 417 g/mol. The SMILES string of the molecule is CC(C)(C)c1cc(CC(=O)C(C)(C)S(=O)(=O)c2ccc(Cl)cc2Cl)no1. The molecular weight excluding hydrogens is 397 g/mol. The van der Waals surface area contributed by atoms with Crippen LogP contribution in [0.4, 0.5) is 0 Å². The van der Waals surface area contributed by atoms with Gasteiger partial charge in [-0.3, -0.25) is 4.79 Å². The minimum absolute atomic E-state index is 0.0187. The molecule has 0 spiro atoms. The number of carbonyl (C=O) groups excluding carboxylic acids is 1. The summed E-state index contributed by atoms with van der Waals surface area (Å²) in [5, 5.41) is 4.18. The molecule has 0 atom stereocenters. The van der Waals surface area contributed by atoms with Crippen LogP contribution in [0.15, 0.2) is 33.7 Å². The second-order valence-corrected chi connectivity index (χ2v) is 10.9. The first-order chi connectivity index (χ1) is 11.8. The van der Waals surface area contributed by atoms with E-state index in [9.17, 15) is 13.2 Å². The van der Waals surface area contributed by atoms with Crippen molar-refractivity contribution in [3.8, 4) is 0 Å². The normalized spacial score (nSPS) is 13.0. The average molecular weight is 418 g/mol. The van der Waals surface area contributed by atoms with E-state index in [1.54, 1.807) is 6.07 Å². The molecule has 5 nitrogen and oxygen atoms in total. The van der Waals surface area contributed by atoms with Crippen molar-refractivity contribution in [1.82, 2.24) is 5.16 Å². The molecule has 2 rings (SSSR count). The Kier molecular flexibility index (Phi) is 5.62. The first-order valence-electron chi connectivity index (χ1n) is 7.96. The van der Waals surface area contributed by atoms with Crippen molar-refractivity contribution < 1.29 is 17.7 Å². The van der Waals surface area contributed by atoms with Gasteiger partial charge in [0.05, 0.1) is 22.0 Å². The van der Waals surface area contributed by atoms with Crippen LogP contribution in [0.5, 0.6) is 0 Å². The molecule has 0 fully saturated rings. The number of Topliss-reactive ketones (excluding diaryl/α,β-unsaturated/α-hetero) is 1. The standard InChI is InChI=1S/C18H21Cl2NO4S/c1-17(2,3)16-10-12(21-25-16)9-15(22)18(4,5)26(23,24)14-7-6-11(19)8-13(14)20/h6-8,10H,9H2,1-5H3. The predicted molar refractivity (Wildman–Crippen MR) is 102 cm³/mol. The quantitative estimate of drug-likeness (QED) is 0.707. The fourth-order valence-electron chi connectivity index (χ4n) is 2.24. The highest BCUT2D eigenvalue weighted by Crippen LogP contribution is 2.33. The minimum Gasteiger partial charge on any atom is -0.361 e. The van der Waals surface area contributed by atoms with Gasteiger partial charge in [0.25, 0.3) is 0 Å². The lowest BCUT2D eigenvalue weighted by molar-refractivity contribution is -0.120. The molecule has 0 saturated carbocycles. The van der Waals surface area contributed by atoms with Gasteiger partial charge in [-0.2, -0.15) is 0 Å². The Balaban J connectivity index is 2.33. The third-order valence-corrected chi connectivity index (χ3v) is 7.33. The topological polar surface area (TPSA) is 77.2 Å². The van der Waals surface area contributed by atoms with Crippen molar-refractivity contribution in [3.63, 3.8) is 0 Å². The molecule has 0 unspecified atom stereocenters. The van der Waals surface area contributed by atoms with E-state index in [1.807, 2.05) is 20.8 Å². The smallest absolute Gasteiger partial charge is 0.192 e. The maximum Gasteiger partial charge on any atom is 0.192 e. The summed E-state index contributed by atoms with van der Waals surface area (Å²) >= 11 is 11.9. The minimum atomic E-state index is -4.03. The van der Waals surface area contributed by atoms with E-state index in [0.717, 1.165) is 0 Å². The number of benzene rings is 1. The molecule has 2 aromatic rings. The van der Waals surface area contributed by atoms with Gasteiger partial charge in [0.2, 0.25) is 0 Å². The summed E-state index contributed by atoms with van der Waals surface area (Å²) in [5.74, 6) is 0.124. The number of halogens is 2. The van der Waals surface area contributed by atoms with Crippen molar-refractivity contribution in [2.75, 3.05) is 0 Å². The zero-order valence-corrected chi connectivity index (χ0v) is 17.6. The number of hydrogen-bond acceptors (Lipinski definition) is 5. The van der Waals surface area contributed by atoms with Gasteiger partial charge in [0, 0.05) is 16.5 Å². The van der Waals surface area contributed by atoms with Crippen LogP contribution in [0.25, 0.3) is 0 Å². The van der Waals surface area contributed by atoms with Crippen LogP contribution in [0, 0.1) is 0 Å². The van der Waals surface area contributed by atoms with E-state index in [2.05, 4.69) is 5.16 Å². The van der Waals surface area contributed by atoms with Gasteiger partial charge in [0.15, 0.2) is 15.6 Å². The first-order valence-corrected chi connectivity index (χ1v) is 10.2. The molecule has 0 aliphatic heterocycles. The number of ketones is 1. The lowest BCUT2D eigenvalue weighted by Gasteiger charge is -2.23. The van der Waals surface area contributed by atoms with E-state index in [-0.39, 0.29) is 21.8 Å². The fourth-order valence-corrected chi connectivity index (χ4v) is 4.44. The average Bonchev–Trinajstić information content (AvgIpc) is 2.95. The molecule has 1 aromatic heterocycles. The van der Waals surface area contributed by atoms with Crippen molar-refractivity contribution in [2.45, 2.75) is 56.1 Å². The summed E-state index contributed by atoms with van der Waals surface area (Å²) in [6.45, 7) is 8.59. The summed E-state index contributed by atoms with van der Waals surface area (Å²) in [6.07, 6.45) is -0.156. The molecule has 0 aliphatic carbocycles. The summed E-state index contributed by atoms with van der Waals surface area (Å²) in [5.41, 5.74) is 0.137. The Hall–Kier alpha value is -1.37. The highest BCUT2D eigenvalue weighted by atomic mass is 35.5. The fraction of sp³-hybridized carbons (Fsp3) is 0.444. The molecule has 8 heteroatoms. The molecular formula is C18H21Cl2NO4S. The lowest BCUT2D eigenvalue weighted by Crippen LogP contribution is -2.41. The lowest BCUT2D eigenvalue weighted by atomic mass is 9.92. The number of aromatic nitrogens is 1. The van der Waals surface area contributed by atoms with Crippen molar-refractivity contribution >= 4 is 38.8 Å². The summed E-state index contributed by atoms with van der Waals surface area (Å²) < 4.78 is 29.5. The Bertz CT molecular complexity index is 940. The Labute approximate surface area is 163 Å². The molecule has 1 heterocycles. The number of sulfone groups is 1.